The average Bonchev–Trinajstić information content (AvgIpc) is 2.08. The van der Waals surface area contributed by atoms with Crippen molar-refractivity contribution in [1.29, 1.82) is 0 Å². The molecule has 0 aromatic carbocycles. The summed E-state index contributed by atoms with van der Waals surface area (Å²) in [7, 11) is 0. The molecule has 70 valence electrons. The molecule has 0 aromatic rings. The van der Waals surface area contributed by atoms with Crippen LogP contribution in [0.25, 0.3) is 0 Å². The molecule has 0 amide bonds. The van der Waals surface area contributed by atoms with E-state index < -0.39 is 0 Å². The van der Waals surface area contributed by atoms with E-state index in [9.17, 15) is 4.79 Å². The van der Waals surface area contributed by atoms with Crippen LogP contribution in [0.5, 0.6) is 0 Å². The molecule has 1 fully saturated rings. The number of aldehydes is 1. The van der Waals surface area contributed by atoms with Gasteiger partial charge in [0.05, 0.1) is 12.7 Å². The van der Waals surface area contributed by atoms with Crippen molar-refractivity contribution in [3.8, 4) is 0 Å². The molecule has 0 saturated carbocycles. The minimum atomic E-state index is -0.173. The normalized spacial score (nSPS) is 39.1. The summed E-state index contributed by atoms with van der Waals surface area (Å²) in [5, 5.41) is 0. The zero-order chi connectivity index (χ0) is 9.14. The molecule has 1 aliphatic heterocycles. The Labute approximate surface area is 73.0 Å². The Kier molecular flexibility index (Phi) is 3.23. The molecule has 12 heavy (non-hydrogen) atoms. The topological polar surface area (TPSA) is 35.5 Å². The molecular formula is C9H16O3. The predicted octanol–water partition coefficient (Wildman–Crippen LogP) is 1.22. The van der Waals surface area contributed by atoms with Crippen molar-refractivity contribution in [2.24, 2.45) is 11.8 Å². The molecule has 0 N–H and O–H groups in total. The van der Waals surface area contributed by atoms with Crippen LogP contribution in [0.3, 0.4) is 0 Å². The van der Waals surface area contributed by atoms with Crippen molar-refractivity contribution in [2.75, 3.05) is 6.61 Å². The smallest absolute Gasteiger partial charge is 0.155 e. The number of hydrogen-bond acceptors (Lipinski definition) is 3. The van der Waals surface area contributed by atoms with Gasteiger partial charge in [-0.05, 0) is 6.92 Å². The summed E-state index contributed by atoms with van der Waals surface area (Å²) < 4.78 is 10.8. The molecule has 0 aromatic heterocycles. The van der Waals surface area contributed by atoms with E-state index in [1.165, 1.54) is 0 Å². The van der Waals surface area contributed by atoms with Crippen LogP contribution < -0.4 is 0 Å². The zero-order valence-corrected chi connectivity index (χ0v) is 7.82. The Morgan fingerprint density at radius 3 is 2.75 bits per heavy atom. The minimum Gasteiger partial charge on any atom is -0.353 e. The monoisotopic (exact) mass is 172 g/mol. The van der Waals surface area contributed by atoms with E-state index in [-0.39, 0.29) is 18.3 Å². The van der Waals surface area contributed by atoms with Gasteiger partial charge >= 0.3 is 0 Å². The molecule has 0 spiro atoms. The first-order valence-electron chi connectivity index (χ1n) is 4.37. The fourth-order valence-electron chi connectivity index (χ4n) is 1.50. The van der Waals surface area contributed by atoms with Crippen LogP contribution in [0.1, 0.15) is 20.8 Å². The third kappa shape index (κ3) is 2.05. The van der Waals surface area contributed by atoms with E-state index in [1.54, 1.807) is 0 Å². The summed E-state index contributed by atoms with van der Waals surface area (Å²) in [5.74, 6) is 0.271. The van der Waals surface area contributed by atoms with Crippen molar-refractivity contribution in [2.45, 2.75) is 33.2 Å². The third-order valence-corrected chi connectivity index (χ3v) is 2.24. The summed E-state index contributed by atoms with van der Waals surface area (Å²) in [6.07, 6.45) is 0.791. The van der Waals surface area contributed by atoms with Crippen molar-refractivity contribution >= 4 is 6.29 Å². The molecule has 4 unspecified atom stereocenters. The molecular weight excluding hydrogens is 156 g/mol. The highest BCUT2D eigenvalue weighted by atomic mass is 16.7. The van der Waals surface area contributed by atoms with Gasteiger partial charge in [-0.1, -0.05) is 13.8 Å². The molecule has 0 bridgehead atoms. The van der Waals surface area contributed by atoms with Crippen molar-refractivity contribution in [1.82, 2.24) is 0 Å². The molecule has 1 heterocycles. The molecule has 1 aliphatic rings. The van der Waals surface area contributed by atoms with E-state index in [0.29, 0.717) is 12.5 Å². The summed E-state index contributed by atoms with van der Waals surface area (Å²) in [5.41, 5.74) is 0. The van der Waals surface area contributed by atoms with E-state index in [1.807, 2.05) is 20.8 Å². The summed E-state index contributed by atoms with van der Waals surface area (Å²) >= 11 is 0. The van der Waals surface area contributed by atoms with Gasteiger partial charge in [-0.15, -0.1) is 0 Å². The Morgan fingerprint density at radius 1 is 1.50 bits per heavy atom. The maximum atomic E-state index is 10.5. The lowest BCUT2D eigenvalue weighted by Gasteiger charge is -2.35. The molecule has 3 heteroatoms. The van der Waals surface area contributed by atoms with Gasteiger partial charge in [-0.25, -0.2) is 0 Å². The van der Waals surface area contributed by atoms with E-state index in [4.69, 9.17) is 9.47 Å². The van der Waals surface area contributed by atoms with Gasteiger partial charge in [0.2, 0.25) is 0 Å². The van der Waals surface area contributed by atoms with Crippen LogP contribution in [0.15, 0.2) is 0 Å². The maximum Gasteiger partial charge on any atom is 0.155 e. The number of rotatable bonds is 2. The Hall–Kier alpha value is -0.410. The van der Waals surface area contributed by atoms with Crippen LogP contribution in [0, 0.1) is 11.8 Å². The van der Waals surface area contributed by atoms with Gasteiger partial charge in [0.15, 0.2) is 6.29 Å². The first kappa shape index (κ1) is 9.68. The van der Waals surface area contributed by atoms with Gasteiger partial charge in [0, 0.05) is 11.8 Å². The summed E-state index contributed by atoms with van der Waals surface area (Å²) in [6, 6.07) is 0. The fourth-order valence-corrected chi connectivity index (χ4v) is 1.50. The Bertz CT molecular complexity index is 158. The Morgan fingerprint density at radius 2 is 2.17 bits per heavy atom. The highest BCUT2D eigenvalue weighted by Crippen LogP contribution is 2.23. The second-order valence-corrected chi connectivity index (χ2v) is 3.47. The highest BCUT2D eigenvalue weighted by molar-refractivity contribution is 5.53. The largest absolute Gasteiger partial charge is 0.353 e. The third-order valence-electron chi connectivity index (χ3n) is 2.24. The lowest BCUT2D eigenvalue weighted by atomic mass is 9.94. The average molecular weight is 172 g/mol. The van der Waals surface area contributed by atoms with Crippen LogP contribution in [0.4, 0.5) is 0 Å². The van der Waals surface area contributed by atoms with Gasteiger partial charge in [0.25, 0.3) is 0 Å². The number of ether oxygens (including phenoxy) is 2. The first-order valence-corrected chi connectivity index (χ1v) is 4.37. The van der Waals surface area contributed by atoms with Crippen molar-refractivity contribution < 1.29 is 14.3 Å². The standard InChI is InChI=1S/C9H16O3/c1-6(4-10)9-7(2)5-11-8(3)12-9/h4,6-9H,5H2,1-3H3. The fraction of sp³-hybridized carbons (Fsp3) is 0.889. The minimum absolute atomic E-state index is 0.0197. The quantitative estimate of drug-likeness (QED) is 0.587. The van der Waals surface area contributed by atoms with E-state index in [2.05, 4.69) is 0 Å². The molecule has 0 aliphatic carbocycles. The predicted molar refractivity (Wildman–Crippen MR) is 44.7 cm³/mol. The maximum absolute atomic E-state index is 10.5. The molecule has 4 atom stereocenters. The van der Waals surface area contributed by atoms with Crippen LogP contribution in [-0.4, -0.2) is 25.3 Å². The number of hydrogen-bond donors (Lipinski definition) is 0. The number of carbonyl (C=O) groups is 1. The van der Waals surface area contributed by atoms with Gasteiger partial charge < -0.3 is 14.3 Å². The van der Waals surface area contributed by atoms with E-state index >= 15 is 0 Å². The number of carbonyl (C=O) groups excluding carboxylic acids is 1. The van der Waals surface area contributed by atoms with Crippen molar-refractivity contribution in [3.05, 3.63) is 0 Å². The lowest BCUT2D eigenvalue weighted by molar-refractivity contribution is -0.233. The summed E-state index contributed by atoms with van der Waals surface area (Å²) in [4.78, 5) is 10.5. The molecule has 1 saturated heterocycles. The second-order valence-electron chi connectivity index (χ2n) is 3.47. The van der Waals surface area contributed by atoms with Gasteiger partial charge in [0.1, 0.15) is 6.29 Å². The molecule has 3 nitrogen and oxygen atoms in total. The van der Waals surface area contributed by atoms with Crippen LogP contribution >= 0.6 is 0 Å². The SMILES string of the molecule is CC1OCC(C)C(C(C)C=O)O1. The van der Waals surface area contributed by atoms with Crippen LogP contribution in [-0.2, 0) is 14.3 Å². The highest BCUT2D eigenvalue weighted by Gasteiger charge is 2.30. The zero-order valence-electron chi connectivity index (χ0n) is 7.82. The van der Waals surface area contributed by atoms with Crippen LogP contribution in [0.2, 0.25) is 0 Å². The second kappa shape index (κ2) is 4.01. The van der Waals surface area contributed by atoms with E-state index in [0.717, 1.165) is 6.29 Å². The first-order chi connectivity index (χ1) is 5.65. The lowest BCUT2D eigenvalue weighted by Crippen LogP contribution is -2.41. The van der Waals surface area contributed by atoms with Gasteiger partial charge in [-0.2, -0.15) is 0 Å². The summed E-state index contributed by atoms with van der Waals surface area (Å²) in [6.45, 7) is 6.46. The molecule has 1 rings (SSSR count). The Balaban J connectivity index is 2.53. The van der Waals surface area contributed by atoms with Gasteiger partial charge in [-0.3, -0.25) is 0 Å². The molecule has 0 radical (unpaired) electrons. The van der Waals surface area contributed by atoms with Crippen molar-refractivity contribution in [3.63, 3.8) is 0 Å².